The van der Waals surface area contributed by atoms with E-state index in [9.17, 15) is 18.3 Å². The van der Waals surface area contributed by atoms with Crippen molar-refractivity contribution in [3.8, 4) is 0 Å². The van der Waals surface area contributed by atoms with E-state index in [4.69, 9.17) is 0 Å². The fourth-order valence-corrected chi connectivity index (χ4v) is 3.06. The highest BCUT2D eigenvalue weighted by Gasteiger charge is 2.33. The largest absolute Gasteiger partial charge is 0.417 e. The minimum Gasteiger partial charge on any atom is -0.383 e. The lowest BCUT2D eigenvalue weighted by Gasteiger charge is -2.14. The molecule has 2 rings (SSSR count). The highest BCUT2D eigenvalue weighted by Crippen LogP contribution is 2.37. The molecule has 0 saturated heterocycles. The molecule has 0 bridgehead atoms. The molecule has 1 N–H and O–H groups in total. The van der Waals surface area contributed by atoms with Crippen molar-refractivity contribution >= 4 is 27.3 Å². The zero-order valence-corrected chi connectivity index (χ0v) is 12.2. The number of hydrogen-bond acceptors (Lipinski definition) is 2. The number of aliphatic hydroxyl groups is 1. The molecule has 1 unspecified atom stereocenters. The van der Waals surface area contributed by atoms with Crippen LogP contribution in [-0.2, 0) is 6.18 Å². The molecular formula is C13H10BrF3OS. The summed E-state index contributed by atoms with van der Waals surface area (Å²) in [5.74, 6) is 0. The molecule has 0 saturated carbocycles. The van der Waals surface area contributed by atoms with Gasteiger partial charge in [0.2, 0.25) is 0 Å². The molecule has 0 fully saturated rings. The zero-order chi connectivity index (χ0) is 14.2. The van der Waals surface area contributed by atoms with E-state index in [2.05, 4.69) is 15.9 Å². The van der Waals surface area contributed by atoms with E-state index in [1.54, 1.807) is 6.07 Å². The van der Waals surface area contributed by atoms with Crippen molar-refractivity contribution in [1.82, 2.24) is 0 Å². The standard InChI is InChI=1S/C13H10BrF3OS/c1-7-2-5-11(19-7)12(18)8-3-4-10(14)9(6-8)13(15,16)17/h2-6,12,18H,1H3. The van der Waals surface area contributed by atoms with Crippen molar-refractivity contribution in [3.63, 3.8) is 0 Å². The van der Waals surface area contributed by atoms with E-state index in [0.717, 1.165) is 10.9 Å². The van der Waals surface area contributed by atoms with Gasteiger partial charge in [0.25, 0.3) is 0 Å². The van der Waals surface area contributed by atoms with E-state index in [1.165, 1.54) is 23.5 Å². The molecule has 0 aliphatic heterocycles. The van der Waals surface area contributed by atoms with Gasteiger partial charge < -0.3 is 5.11 Å². The fraction of sp³-hybridized carbons (Fsp3) is 0.231. The Kier molecular flexibility index (Phi) is 4.03. The number of thiophene rings is 1. The van der Waals surface area contributed by atoms with Gasteiger partial charge in [0.15, 0.2) is 0 Å². The first kappa shape index (κ1) is 14.6. The second-order valence-corrected chi connectivity index (χ2v) is 6.26. The quantitative estimate of drug-likeness (QED) is 0.814. The molecule has 102 valence electrons. The van der Waals surface area contributed by atoms with Crippen LogP contribution in [-0.4, -0.2) is 5.11 Å². The lowest BCUT2D eigenvalue weighted by atomic mass is 10.0. The molecule has 1 nitrogen and oxygen atoms in total. The van der Waals surface area contributed by atoms with Gasteiger partial charge in [-0.15, -0.1) is 11.3 Å². The van der Waals surface area contributed by atoms with Gasteiger partial charge >= 0.3 is 6.18 Å². The van der Waals surface area contributed by atoms with Crippen LogP contribution in [0.4, 0.5) is 13.2 Å². The number of aliphatic hydroxyl groups excluding tert-OH is 1. The average Bonchev–Trinajstić information content (AvgIpc) is 2.74. The molecule has 6 heteroatoms. The summed E-state index contributed by atoms with van der Waals surface area (Å²) in [6, 6.07) is 7.32. The first-order valence-corrected chi connectivity index (χ1v) is 7.01. The number of aryl methyl sites for hydroxylation is 1. The molecule has 19 heavy (non-hydrogen) atoms. The third-order valence-electron chi connectivity index (χ3n) is 2.64. The lowest BCUT2D eigenvalue weighted by molar-refractivity contribution is -0.138. The highest BCUT2D eigenvalue weighted by atomic mass is 79.9. The Morgan fingerprint density at radius 2 is 1.89 bits per heavy atom. The molecule has 1 aromatic heterocycles. The normalized spacial score (nSPS) is 13.6. The summed E-state index contributed by atoms with van der Waals surface area (Å²) in [7, 11) is 0. The van der Waals surface area contributed by atoms with Gasteiger partial charge in [0, 0.05) is 14.2 Å². The number of rotatable bonds is 2. The lowest BCUT2D eigenvalue weighted by Crippen LogP contribution is -2.08. The second-order valence-electron chi connectivity index (χ2n) is 4.09. The van der Waals surface area contributed by atoms with Gasteiger partial charge in [-0.25, -0.2) is 0 Å². The van der Waals surface area contributed by atoms with Crippen LogP contribution >= 0.6 is 27.3 Å². The summed E-state index contributed by atoms with van der Waals surface area (Å²) in [6.45, 7) is 1.88. The van der Waals surface area contributed by atoms with Crippen LogP contribution in [0.5, 0.6) is 0 Å². The zero-order valence-electron chi connectivity index (χ0n) is 9.83. The topological polar surface area (TPSA) is 20.2 Å². The molecule has 0 radical (unpaired) electrons. The molecule has 2 aromatic rings. The molecule has 0 aliphatic carbocycles. The molecule has 1 atom stereocenters. The Balaban J connectivity index is 2.41. The first-order chi connectivity index (χ1) is 8.79. The summed E-state index contributed by atoms with van der Waals surface area (Å²) < 4.78 is 38.3. The summed E-state index contributed by atoms with van der Waals surface area (Å²) in [4.78, 5) is 1.63. The van der Waals surface area contributed by atoms with Crippen LogP contribution in [0.1, 0.15) is 27.0 Å². The fourth-order valence-electron chi connectivity index (χ4n) is 1.69. The number of halogens is 4. The van der Waals surface area contributed by atoms with Gasteiger partial charge in [-0.3, -0.25) is 0 Å². The predicted molar refractivity (Wildman–Crippen MR) is 72.3 cm³/mol. The van der Waals surface area contributed by atoms with E-state index >= 15 is 0 Å². The maximum Gasteiger partial charge on any atom is 0.417 e. The van der Waals surface area contributed by atoms with E-state index < -0.39 is 17.8 Å². The second kappa shape index (κ2) is 5.26. The van der Waals surface area contributed by atoms with E-state index in [1.807, 2.05) is 13.0 Å². The van der Waals surface area contributed by atoms with Crippen molar-refractivity contribution in [2.45, 2.75) is 19.2 Å². The Hall–Kier alpha value is -0.850. The third-order valence-corrected chi connectivity index (χ3v) is 4.39. The molecule has 1 aromatic carbocycles. The van der Waals surface area contributed by atoms with E-state index in [-0.39, 0.29) is 10.0 Å². The van der Waals surface area contributed by atoms with Crippen molar-refractivity contribution in [1.29, 1.82) is 0 Å². The van der Waals surface area contributed by atoms with Crippen molar-refractivity contribution in [2.24, 2.45) is 0 Å². The van der Waals surface area contributed by atoms with Gasteiger partial charge in [-0.2, -0.15) is 13.2 Å². The smallest absolute Gasteiger partial charge is 0.383 e. The SMILES string of the molecule is Cc1ccc(C(O)c2ccc(Br)c(C(F)(F)F)c2)s1. The summed E-state index contributed by atoms with van der Waals surface area (Å²) in [6.07, 6.45) is -5.48. The van der Waals surface area contributed by atoms with E-state index in [0.29, 0.717) is 4.88 Å². The monoisotopic (exact) mass is 350 g/mol. The molecule has 0 amide bonds. The van der Waals surface area contributed by atoms with Gasteiger partial charge in [-0.1, -0.05) is 22.0 Å². The molecular weight excluding hydrogens is 341 g/mol. The Bertz CT molecular complexity index is 592. The minimum absolute atomic E-state index is 0.0293. The molecule has 1 heterocycles. The number of hydrogen-bond donors (Lipinski definition) is 1. The van der Waals surface area contributed by atoms with Gasteiger partial charge in [0.1, 0.15) is 6.10 Å². The Morgan fingerprint density at radius 3 is 2.42 bits per heavy atom. The maximum atomic E-state index is 12.8. The first-order valence-electron chi connectivity index (χ1n) is 5.40. The van der Waals surface area contributed by atoms with Crippen LogP contribution in [0, 0.1) is 6.92 Å². The van der Waals surface area contributed by atoms with Crippen molar-refractivity contribution in [2.75, 3.05) is 0 Å². The van der Waals surface area contributed by atoms with Crippen LogP contribution < -0.4 is 0 Å². The molecule has 0 aliphatic rings. The maximum absolute atomic E-state index is 12.8. The minimum atomic E-state index is -4.44. The van der Waals surface area contributed by atoms with Crippen LogP contribution in [0.3, 0.4) is 0 Å². The number of alkyl halides is 3. The third kappa shape index (κ3) is 3.19. The van der Waals surface area contributed by atoms with Crippen LogP contribution in [0.15, 0.2) is 34.8 Å². The van der Waals surface area contributed by atoms with Gasteiger partial charge in [0.05, 0.1) is 5.56 Å². The highest BCUT2D eigenvalue weighted by molar-refractivity contribution is 9.10. The predicted octanol–water partition coefficient (Wildman–Crippen LogP) is 4.92. The Labute approximate surface area is 120 Å². The van der Waals surface area contributed by atoms with Crippen molar-refractivity contribution < 1.29 is 18.3 Å². The average molecular weight is 351 g/mol. The summed E-state index contributed by atoms with van der Waals surface area (Å²) >= 11 is 4.24. The van der Waals surface area contributed by atoms with Crippen molar-refractivity contribution in [3.05, 3.63) is 55.7 Å². The summed E-state index contributed by atoms with van der Waals surface area (Å²) in [5, 5.41) is 10.1. The van der Waals surface area contributed by atoms with Gasteiger partial charge in [-0.05, 0) is 36.8 Å². The number of benzene rings is 1. The Morgan fingerprint density at radius 1 is 1.21 bits per heavy atom. The summed E-state index contributed by atoms with van der Waals surface area (Å²) in [5.41, 5.74) is -0.547. The molecule has 0 spiro atoms. The van der Waals surface area contributed by atoms with Crippen LogP contribution in [0.2, 0.25) is 0 Å². The van der Waals surface area contributed by atoms with Crippen LogP contribution in [0.25, 0.3) is 0 Å².